The van der Waals surface area contributed by atoms with Crippen LogP contribution in [0.4, 0.5) is 0 Å². The lowest BCUT2D eigenvalue weighted by Gasteiger charge is -2.20. The lowest BCUT2D eigenvalue weighted by molar-refractivity contribution is 0.0626. The molecule has 0 aliphatic carbocycles. The molecule has 1 heterocycles. The molecular weight excluding hydrogens is 102 g/mol. The average molecular weight is 115 g/mol. The van der Waals surface area contributed by atoms with Crippen LogP contribution < -0.4 is 5.32 Å². The minimum atomic E-state index is -0.289. The van der Waals surface area contributed by atoms with Crippen molar-refractivity contribution < 1.29 is 5.11 Å². The summed E-state index contributed by atoms with van der Waals surface area (Å²) in [6, 6.07) is 0. The molecule has 1 aliphatic rings. The van der Waals surface area contributed by atoms with Gasteiger partial charge >= 0.3 is 0 Å². The van der Waals surface area contributed by atoms with Crippen molar-refractivity contribution in [3.63, 3.8) is 0 Å². The molecule has 1 rings (SSSR count). The van der Waals surface area contributed by atoms with E-state index in [1.54, 1.807) is 0 Å². The molecule has 0 bridgehead atoms. The van der Waals surface area contributed by atoms with E-state index in [0.29, 0.717) is 0 Å². The van der Waals surface area contributed by atoms with Crippen LogP contribution in [0.1, 0.15) is 20.3 Å². The minimum absolute atomic E-state index is 0.0972. The Balaban J connectivity index is 2.54. The number of hydrogen-bond donors (Lipinski definition) is 2. The summed E-state index contributed by atoms with van der Waals surface area (Å²) < 4.78 is 0. The monoisotopic (exact) mass is 115 g/mol. The molecule has 8 heavy (non-hydrogen) atoms. The zero-order valence-corrected chi connectivity index (χ0v) is 5.44. The fourth-order valence-corrected chi connectivity index (χ4v) is 0.944. The molecule has 0 aromatic rings. The number of nitrogens with one attached hydrogen (secondary N) is 1. The number of rotatable bonds is 0. The van der Waals surface area contributed by atoms with E-state index < -0.39 is 0 Å². The SMILES string of the molecule is CC1(C)CCNC1O. The summed E-state index contributed by atoms with van der Waals surface area (Å²) in [6.07, 6.45) is 0.788. The summed E-state index contributed by atoms with van der Waals surface area (Å²) in [4.78, 5) is 0. The van der Waals surface area contributed by atoms with E-state index >= 15 is 0 Å². The molecule has 0 aromatic carbocycles. The molecular formula is C6H13NO. The second-order valence-corrected chi connectivity index (χ2v) is 3.10. The molecule has 2 N–H and O–H groups in total. The summed E-state index contributed by atoms with van der Waals surface area (Å²) in [5.74, 6) is 0. The summed E-state index contributed by atoms with van der Waals surface area (Å²) in [5, 5.41) is 12.1. The van der Waals surface area contributed by atoms with Crippen LogP contribution in [0, 0.1) is 5.41 Å². The maximum Gasteiger partial charge on any atom is 0.110 e. The highest BCUT2D eigenvalue weighted by Gasteiger charge is 2.31. The quantitative estimate of drug-likeness (QED) is 0.476. The predicted molar refractivity (Wildman–Crippen MR) is 32.4 cm³/mol. The second kappa shape index (κ2) is 1.71. The first kappa shape index (κ1) is 6.05. The van der Waals surface area contributed by atoms with Crippen molar-refractivity contribution in [1.82, 2.24) is 5.32 Å². The van der Waals surface area contributed by atoms with E-state index in [1.807, 2.05) is 0 Å². The molecule has 0 aromatic heterocycles. The van der Waals surface area contributed by atoms with Crippen LogP contribution in [0.3, 0.4) is 0 Å². The molecule has 0 saturated carbocycles. The van der Waals surface area contributed by atoms with Crippen LogP contribution in [-0.4, -0.2) is 17.9 Å². The summed E-state index contributed by atoms with van der Waals surface area (Å²) in [5.41, 5.74) is 0.0972. The first-order valence-corrected chi connectivity index (χ1v) is 3.04. The van der Waals surface area contributed by atoms with E-state index in [0.717, 1.165) is 13.0 Å². The Kier molecular flexibility index (Phi) is 1.29. The van der Waals surface area contributed by atoms with Crippen LogP contribution in [0.15, 0.2) is 0 Å². The lowest BCUT2D eigenvalue weighted by Crippen LogP contribution is -2.31. The highest BCUT2D eigenvalue weighted by Crippen LogP contribution is 2.27. The molecule has 2 nitrogen and oxygen atoms in total. The Bertz CT molecular complexity index is 90.5. The van der Waals surface area contributed by atoms with Gasteiger partial charge in [0.1, 0.15) is 6.23 Å². The van der Waals surface area contributed by atoms with Crippen molar-refractivity contribution in [1.29, 1.82) is 0 Å². The minimum Gasteiger partial charge on any atom is -0.378 e. The molecule has 1 saturated heterocycles. The van der Waals surface area contributed by atoms with Gasteiger partial charge in [0.15, 0.2) is 0 Å². The van der Waals surface area contributed by atoms with Gasteiger partial charge in [0.05, 0.1) is 0 Å². The molecule has 1 fully saturated rings. The summed E-state index contributed by atoms with van der Waals surface area (Å²) >= 11 is 0. The Morgan fingerprint density at radius 2 is 2.25 bits per heavy atom. The first-order valence-electron chi connectivity index (χ1n) is 3.04. The van der Waals surface area contributed by atoms with Crippen LogP contribution in [0.25, 0.3) is 0 Å². The smallest absolute Gasteiger partial charge is 0.110 e. The van der Waals surface area contributed by atoms with Crippen molar-refractivity contribution in [2.75, 3.05) is 6.54 Å². The van der Waals surface area contributed by atoms with E-state index in [9.17, 15) is 0 Å². The van der Waals surface area contributed by atoms with Gasteiger partial charge in [-0.25, -0.2) is 0 Å². The zero-order valence-electron chi connectivity index (χ0n) is 5.44. The van der Waals surface area contributed by atoms with Crippen molar-refractivity contribution in [3.8, 4) is 0 Å². The highest BCUT2D eigenvalue weighted by atomic mass is 16.3. The normalized spacial score (nSPS) is 35.6. The van der Waals surface area contributed by atoms with Crippen LogP contribution in [0.2, 0.25) is 0 Å². The van der Waals surface area contributed by atoms with Crippen molar-refractivity contribution >= 4 is 0 Å². The molecule has 1 unspecified atom stereocenters. The van der Waals surface area contributed by atoms with Gasteiger partial charge in [0.25, 0.3) is 0 Å². The fraction of sp³-hybridized carbons (Fsp3) is 1.00. The van der Waals surface area contributed by atoms with Gasteiger partial charge in [-0.1, -0.05) is 13.8 Å². The number of aliphatic hydroxyl groups excluding tert-OH is 1. The number of hydrogen-bond acceptors (Lipinski definition) is 2. The van der Waals surface area contributed by atoms with Crippen molar-refractivity contribution in [2.24, 2.45) is 5.41 Å². The van der Waals surface area contributed by atoms with Gasteiger partial charge in [-0.2, -0.15) is 0 Å². The molecule has 48 valence electrons. The summed E-state index contributed by atoms with van der Waals surface area (Å²) in [6.45, 7) is 5.09. The highest BCUT2D eigenvalue weighted by molar-refractivity contribution is 4.82. The Morgan fingerprint density at radius 3 is 2.38 bits per heavy atom. The van der Waals surface area contributed by atoms with Gasteiger partial charge in [-0.15, -0.1) is 0 Å². The molecule has 1 aliphatic heterocycles. The van der Waals surface area contributed by atoms with E-state index in [1.165, 1.54) is 0 Å². The third-order valence-corrected chi connectivity index (χ3v) is 1.85. The van der Waals surface area contributed by atoms with E-state index in [2.05, 4.69) is 19.2 Å². The van der Waals surface area contributed by atoms with Gasteiger partial charge in [0, 0.05) is 5.41 Å². The molecule has 0 amide bonds. The fourth-order valence-electron chi connectivity index (χ4n) is 0.944. The van der Waals surface area contributed by atoms with Crippen LogP contribution in [-0.2, 0) is 0 Å². The Labute approximate surface area is 49.9 Å². The van der Waals surface area contributed by atoms with Gasteiger partial charge < -0.3 is 5.11 Å². The van der Waals surface area contributed by atoms with E-state index in [4.69, 9.17) is 5.11 Å². The first-order chi connectivity index (χ1) is 3.63. The van der Waals surface area contributed by atoms with Crippen LogP contribution >= 0.6 is 0 Å². The van der Waals surface area contributed by atoms with Gasteiger partial charge in [-0.05, 0) is 13.0 Å². The largest absolute Gasteiger partial charge is 0.378 e. The number of aliphatic hydroxyl groups is 1. The Hall–Kier alpha value is -0.0800. The van der Waals surface area contributed by atoms with Crippen LogP contribution in [0.5, 0.6) is 0 Å². The van der Waals surface area contributed by atoms with Gasteiger partial charge in [-0.3, -0.25) is 5.32 Å². The molecule has 2 heteroatoms. The molecule has 1 atom stereocenters. The third-order valence-electron chi connectivity index (χ3n) is 1.85. The lowest BCUT2D eigenvalue weighted by atomic mass is 9.91. The predicted octanol–water partition coefficient (Wildman–Crippen LogP) is 0.324. The van der Waals surface area contributed by atoms with Gasteiger partial charge in [0.2, 0.25) is 0 Å². The Morgan fingerprint density at radius 1 is 1.62 bits per heavy atom. The molecule has 0 spiro atoms. The molecule has 0 radical (unpaired) electrons. The maximum absolute atomic E-state index is 9.15. The second-order valence-electron chi connectivity index (χ2n) is 3.10. The van der Waals surface area contributed by atoms with Crippen molar-refractivity contribution in [2.45, 2.75) is 26.5 Å². The summed E-state index contributed by atoms with van der Waals surface area (Å²) in [7, 11) is 0. The third kappa shape index (κ3) is 0.858. The average Bonchev–Trinajstić information content (AvgIpc) is 1.86. The van der Waals surface area contributed by atoms with E-state index in [-0.39, 0.29) is 11.6 Å². The standard InChI is InChI=1S/C6H13NO/c1-6(2)3-4-7-5(6)8/h5,7-8H,3-4H2,1-2H3. The zero-order chi connectivity index (χ0) is 6.20. The maximum atomic E-state index is 9.15. The topological polar surface area (TPSA) is 32.3 Å². The van der Waals surface area contributed by atoms with Crippen molar-refractivity contribution in [3.05, 3.63) is 0 Å².